The number of Topliss-reactive ketones (excluding diaryl/α,β-unsaturated/α-hetero) is 1. The molecule has 0 aliphatic carbocycles. The van der Waals surface area contributed by atoms with E-state index in [9.17, 15) is 4.79 Å². The van der Waals surface area contributed by atoms with Gasteiger partial charge < -0.3 is 5.32 Å². The Morgan fingerprint density at radius 3 is 2.89 bits per heavy atom. The van der Waals surface area contributed by atoms with Crippen LogP contribution in [0.15, 0.2) is 24.5 Å². The molecule has 2 aliphatic heterocycles. The maximum absolute atomic E-state index is 12.7. The molecule has 2 unspecified atom stereocenters. The van der Waals surface area contributed by atoms with Gasteiger partial charge in [0.15, 0.2) is 11.4 Å². The summed E-state index contributed by atoms with van der Waals surface area (Å²) in [6, 6.07) is 4.76. The van der Waals surface area contributed by atoms with E-state index in [1.54, 1.807) is 16.9 Å². The summed E-state index contributed by atoms with van der Waals surface area (Å²) < 4.78 is 1.66. The lowest BCUT2D eigenvalue weighted by molar-refractivity contribution is 0.0868. The van der Waals surface area contributed by atoms with Gasteiger partial charge in [-0.3, -0.25) is 4.79 Å². The molecule has 2 saturated heterocycles. The summed E-state index contributed by atoms with van der Waals surface area (Å²) in [4.78, 5) is 16.9. The summed E-state index contributed by atoms with van der Waals surface area (Å²) in [5, 5.41) is 7.80. The van der Waals surface area contributed by atoms with Gasteiger partial charge in [0.2, 0.25) is 0 Å². The predicted molar refractivity (Wildman–Crippen MR) is 70.0 cm³/mol. The summed E-state index contributed by atoms with van der Waals surface area (Å²) in [6.45, 7) is 0. The Balaban J connectivity index is 1.67. The standard InChI is InChI=1S/C14H16N4O/c19-14(9-6-10-3-4-11(7-9)17-10)12-8-15-13-2-1-5-16-18(12)13/h1-2,5,8-11,17H,3-4,6-7H2. The number of imidazole rings is 1. The van der Waals surface area contributed by atoms with Gasteiger partial charge in [-0.1, -0.05) is 0 Å². The van der Waals surface area contributed by atoms with Crippen molar-refractivity contribution in [3.63, 3.8) is 0 Å². The molecule has 2 atom stereocenters. The van der Waals surface area contributed by atoms with Crippen molar-refractivity contribution in [2.45, 2.75) is 37.8 Å². The van der Waals surface area contributed by atoms with Crippen molar-refractivity contribution in [3.8, 4) is 0 Å². The van der Waals surface area contributed by atoms with Crippen molar-refractivity contribution in [3.05, 3.63) is 30.2 Å². The van der Waals surface area contributed by atoms with E-state index in [4.69, 9.17) is 0 Å². The minimum absolute atomic E-state index is 0.126. The van der Waals surface area contributed by atoms with Crippen molar-refractivity contribution in [2.24, 2.45) is 5.92 Å². The van der Waals surface area contributed by atoms with Crippen LogP contribution in [0.5, 0.6) is 0 Å². The van der Waals surface area contributed by atoms with E-state index in [0.717, 1.165) is 18.5 Å². The number of ketones is 1. The Bertz CT molecular complexity index is 623. The topological polar surface area (TPSA) is 59.3 Å². The highest BCUT2D eigenvalue weighted by molar-refractivity contribution is 5.97. The van der Waals surface area contributed by atoms with Crippen molar-refractivity contribution >= 4 is 11.4 Å². The van der Waals surface area contributed by atoms with Gasteiger partial charge in [-0.2, -0.15) is 5.10 Å². The van der Waals surface area contributed by atoms with Crippen LogP contribution in [0, 0.1) is 5.92 Å². The van der Waals surface area contributed by atoms with E-state index in [-0.39, 0.29) is 11.7 Å². The van der Waals surface area contributed by atoms with Gasteiger partial charge >= 0.3 is 0 Å². The Morgan fingerprint density at radius 1 is 1.32 bits per heavy atom. The molecule has 2 bridgehead atoms. The highest BCUT2D eigenvalue weighted by Gasteiger charge is 2.37. The number of rotatable bonds is 2. The molecule has 0 amide bonds. The highest BCUT2D eigenvalue weighted by atomic mass is 16.1. The number of carbonyl (C=O) groups excluding carboxylic acids is 1. The Morgan fingerprint density at radius 2 is 2.11 bits per heavy atom. The maximum Gasteiger partial charge on any atom is 0.186 e. The maximum atomic E-state index is 12.7. The lowest BCUT2D eigenvalue weighted by Gasteiger charge is -2.27. The van der Waals surface area contributed by atoms with Crippen LogP contribution in [0.3, 0.4) is 0 Å². The minimum atomic E-state index is 0.126. The molecular formula is C14H16N4O. The predicted octanol–water partition coefficient (Wildman–Crippen LogP) is 1.44. The number of nitrogens with one attached hydrogen (secondary N) is 1. The first-order valence-electron chi connectivity index (χ1n) is 6.90. The van der Waals surface area contributed by atoms with Crippen molar-refractivity contribution in [1.29, 1.82) is 0 Å². The first kappa shape index (κ1) is 11.1. The summed E-state index contributed by atoms with van der Waals surface area (Å²) in [5.41, 5.74) is 1.37. The van der Waals surface area contributed by atoms with Crippen molar-refractivity contribution in [2.75, 3.05) is 0 Å². The second-order valence-corrected chi connectivity index (χ2v) is 5.61. The number of nitrogens with zero attached hydrogens (tertiary/aromatic N) is 3. The molecule has 19 heavy (non-hydrogen) atoms. The second-order valence-electron chi connectivity index (χ2n) is 5.61. The van der Waals surface area contributed by atoms with Crippen LogP contribution in [-0.2, 0) is 0 Å². The van der Waals surface area contributed by atoms with Crippen LogP contribution < -0.4 is 5.32 Å². The van der Waals surface area contributed by atoms with Crippen LogP contribution in [0.25, 0.3) is 5.65 Å². The summed E-state index contributed by atoms with van der Waals surface area (Å²) in [7, 11) is 0. The average Bonchev–Trinajstić information content (AvgIpc) is 3.01. The first-order valence-corrected chi connectivity index (χ1v) is 6.90. The van der Waals surface area contributed by atoms with Gasteiger partial charge in [0.1, 0.15) is 5.69 Å². The molecule has 0 aromatic carbocycles. The molecule has 5 heteroatoms. The highest BCUT2D eigenvalue weighted by Crippen LogP contribution is 2.32. The smallest absolute Gasteiger partial charge is 0.186 e. The monoisotopic (exact) mass is 256 g/mol. The third-order valence-electron chi connectivity index (χ3n) is 4.37. The molecule has 2 fully saturated rings. The van der Waals surface area contributed by atoms with Crippen LogP contribution >= 0.6 is 0 Å². The molecule has 4 heterocycles. The summed E-state index contributed by atoms with van der Waals surface area (Å²) in [5.74, 6) is 0.324. The summed E-state index contributed by atoms with van der Waals surface area (Å²) in [6.07, 6.45) is 7.68. The number of aromatic nitrogens is 3. The normalized spacial score (nSPS) is 29.8. The van der Waals surface area contributed by atoms with E-state index in [0.29, 0.717) is 17.8 Å². The Kier molecular flexibility index (Phi) is 2.41. The molecular weight excluding hydrogens is 240 g/mol. The molecule has 98 valence electrons. The molecule has 0 saturated carbocycles. The van der Waals surface area contributed by atoms with Crippen LogP contribution in [0.2, 0.25) is 0 Å². The van der Waals surface area contributed by atoms with E-state index < -0.39 is 0 Å². The molecule has 1 N–H and O–H groups in total. The van der Waals surface area contributed by atoms with Crippen LogP contribution in [0.4, 0.5) is 0 Å². The van der Waals surface area contributed by atoms with Gasteiger partial charge in [-0.05, 0) is 37.8 Å². The first-order chi connectivity index (χ1) is 9.31. The lowest BCUT2D eigenvalue weighted by atomic mass is 9.88. The number of hydrogen-bond acceptors (Lipinski definition) is 4. The van der Waals surface area contributed by atoms with Crippen molar-refractivity contribution in [1.82, 2.24) is 19.9 Å². The van der Waals surface area contributed by atoms with E-state index >= 15 is 0 Å². The quantitative estimate of drug-likeness (QED) is 0.826. The Labute approximate surface area is 111 Å². The van der Waals surface area contributed by atoms with Crippen LogP contribution in [0.1, 0.15) is 36.2 Å². The van der Waals surface area contributed by atoms with Gasteiger partial charge in [0.05, 0.1) is 6.20 Å². The van der Waals surface area contributed by atoms with Crippen molar-refractivity contribution < 1.29 is 4.79 Å². The lowest BCUT2D eigenvalue weighted by Crippen LogP contribution is -2.40. The van der Waals surface area contributed by atoms with E-state index in [2.05, 4.69) is 15.4 Å². The van der Waals surface area contributed by atoms with E-state index in [1.807, 2.05) is 12.1 Å². The number of fused-ring (bicyclic) bond motifs is 3. The minimum Gasteiger partial charge on any atom is -0.311 e. The molecule has 5 nitrogen and oxygen atoms in total. The zero-order chi connectivity index (χ0) is 12.8. The molecule has 2 aromatic rings. The SMILES string of the molecule is O=C(c1cnc2cccnn12)C1CC2CCC(C1)N2. The Hall–Kier alpha value is -1.75. The fourth-order valence-electron chi connectivity index (χ4n) is 3.48. The molecule has 4 rings (SSSR count). The molecule has 2 aliphatic rings. The third-order valence-corrected chi connectivity index (χ3v) is 4.37. The van der Waals surface area contributed by atoms with Gasteiger partial charge in [0, 0.05) is 24.2 Å². The second kappa shape index (κ2) is 4.13. The number of hydrogen-bond donors (Lipinski definition) is 1. The molecule has 0 radical (unpaired) electrons. The zero-order valence-electron chi connectivity index (χ0n) is 10.6. The van der Waals surface area contributed by atoms with E-state index in [1.165, 1.54) is 12.8 Å². The molecule has 0 spiro atoms. The van der Waals surface area contributed by atoms with Gasteiger partial charge in [-0.15, -0.1) is 0 Å². The fraction of sp³-hybridized carbons (Fsp3) is 0.500. The molecule has 2 aromatic heterocycles. The third kappa shape index (κ3) is 1.76. The number of carbonyl (C=O) groups is 1. The fourth-order valence-corrected chi connectivity index (χ4v) is 3.48. The average molecular weight is 256 g/mol. The zero-order valence-corrected chi connectivity index (χ0v) is 10.6. The van der Waals surface area contributed by atoms with Gasteiger partial charge in [-0.25, -0.2) is 9.50 Å². The van der Waals surface area contributed by atoms with Crippen LogP contribution in [-0.4, -0.2) is 32.5 Å². The largest absolute Gasteiger partial charge is 0.311 e. The summed E-state index contributed by atoms with van der Waals surface area (Å²) >= 11 is 0. The van der Waals surface area contributed by atoms with Gasteiger partial charge in [0.25, 0.3) is 0 Å². The number of piperidine rings is 1.